The molecule has 0 saturated heterocycles. The van der Waals surface area contributed by atoms with Crippen molar-refractivity contribution in [1.82, 2.24) is 34.3 Å². The topological polar surface area (TPSA) is 92.7 Å². The molecule has 3 heterocycles. The number of imidazole rings is 1. The zero-order valence-electron chi connectivity index (χ0n) is 22.9. The molecule has 0 spiro atoms. The second kappa shape index (κ2) is 11.2. The molecule has 0 N–H and O–H groups in total. The Labute approximate surface area is 229 Å². The third-order valence-corrected chi connectivity index (χ3v) is 8.20. The molecule has 0 aliphatic heterocycles. The maximum Gasteiger partial charge on any atom is 0.341 e. The van der Waals surface area contributed by atoms with Crippen molar-refractivity contribution in [2.24, 2.45) is 13.0 Å². The fourth-order valence-electron chi connectivity index (χ4n) is 6.13. The van der Waals surface area contributed by atoms with E-state index in [2.05, 4.69) is 50.4 Å². The number of hydrogen-bond acceptors (Lipinski definition) is 6. The van der Waals surface area contributed by atoms with Gasteiger partial charge in [-0.25, -0.2) is 14.5 Å². The molecule has 204 valence electrons. The molecule has 1 aromatic carbocycles. The first kappa shape index (κ1) is 25.5. The van der Waals surface area contributed by atoms with Crippen LogP contribution in [0.25, 0.3) is 5.69 Å². The van der Waals surface area contributed by atoms with Crippen LogP contribution < -0.4 is 0 Å². The zero-order valence-corrected chi connectivity index (χ0v) is 22.9. The van der Waals surface area contributed by atoms with Crippen molar-refractivity contribution in [3.05, 3.63) is 77.4 Å². The first-order chi connectivity index (χ1) is 19.1. The lowest BCUT2D eigenvalue weighted by Crippen LogP contribution is -2.11. The molecule has 3 aromatic heterocycles. The second-order valence-electron chi connectivity index (χ2n) is 11.0. The van der Waals surface area contributed by atoms with Crippen molar-refractivity contribution in [1.29, 1.82) is 0 Å². The summed E-state index contributed by atoms with van der Waals surface area (Å²) in [6.07, 6.45) is 17.6. The molecule has 2 aliphatic carbocycles. The number of aryl methyl sites for hydroxylation is 1. The fraction of sp³-hybridized carbons (Fsp3) is 0.500. The average molecular weight is 528 g/mol. The van der Waals surface area contributed by atoms with E-state index in [9.17, 15) is 4.79 Å². The Hall–Kier alpha value is -3.75. The van der Waals surface area contributed by atoms with Gasteiger partial charge in [-0.15, -0.1) is 5.10 Å². The Balaban J connectivity index is 1.26. The summed E-state index contributed by atoms with van der Waals surface area (Å²) in [6, 6.07) is 8.43. The second-order valence-corrected chi connectivity index (χ2v) is 11.0. The van der Waals surface area contributed by atoms with Crippen LogP contribution in [0.4, 0.5) is 0 Å². The van der Waals surface area contributed by atoms with E-state index in [1.165, 1.54) is 49.9 Å². The van der Waals surface area contributed by atoms with Crippen molar-refractivity contribution >= 4 is 5.97 Å². The minimum absolute atomic E-state index is 0.132. The van der Waals surface area contributed by atoms with Crippen LogP contribution in [0.3, 0.4) is 0 Å². The average Bonchev–Trinajstić information content (AvgIpc) is 3.22. The maximum absolute atomic E-state index is 12.9. The lowest BCUT2D eigenvalue weighted by Gasteiger charge is -2.16. The highest BCUT2D eigenvalue weighted by Gasteiger charge is 2.46. The van der Waals surface area contributed by atoms with Gasteiger partial charge >= 0.3 is 5.97 Å². The molecule has 0 amide bonds. The van der Waals surface area contributed by atoms with Gasteiger partial charge in [0.05, 0.1) is 29.9 Å². The van der Waals surface area contributed by atoms with Crippen LogP contribution in [-0.4, -0.2) is 46.9 Å². The molecule has 0 bridgehead atoms. The van der Waals surface area contributed by atoms with Crippen LogP contribution in [0.1, 0.15) is 96.8 Å². The molecule has 2 saturated carbocycles. The normalized spacial score (nSPS) is 19.6. The molecule has 2 atom stereocenters. The molecule has 2 aliphatic rings. The molecular weight excluding hydrogens is 490 g/mol. The summed E-state index contributed by atoms with van der Waals surface area (Å²) >= 11 is 0. The van der Waals surface area contributed by atoms with Gasteiger partial charge in [0, 0.05) is 50.4 Å². The summed E-state index contributed by atoms with van der Waals surface area (Å²) in [7, 11) is 1.87. The minimum atomic E-state index is -0.332. The maximum atomic E-state index is 12.9. The van der Waals surface area contributed by atoms with Crippen LogP contribution >= 0.6 is 0 Å². The van der Waals surface area contributed by atoms with Crippen molar-refractivity contribution < 1.29 is 9.53 Å². The van der Waals surface area contributed by atoms with E-state index in [4.69, 9.17) is 9.72 Å². The standard InChI is InChI=1S/C30H37N7O2/c1-3-39-30(38)26-18-32-37(29(26)25-17-24(25)27-20-35(2)34-33-27)23-12-8-11-22(15-23)19-36-14-13-31-28(36)16-21-9-6-4-5-7-10-21/h8,11-15,18,20-21,24-25H,3-7,9-10,16-17,19H2,1-2H3/t24-,25-/m1/s1. The highest BCUT2D eigenvalue weighted by Crippen LogP contribution is 2.55. The Morgan fingerprint density at radius 3 is 2.74 bits per heavy atom. The van der Waals surface area contributed by atoms with Crippen molar-refractivity contribution in [2.75, 3.05) is 6.61 Å². The van der Waals surface area contributed by atoms with Gasteiger partial charge in [-0.1, -0.05) is 55.9 Å². The number of rotatable bonds is 9. The van der Waals surface area contributed by atoms with Crippen LogP contribution in [0, 0.1) is 5.92 Å². The summed E-state index contributed by atoms with van der Waals surface area (Å²) in [5, 5.41) is 13.1. The molecule has 39 heavy (non-hydrogen) atoms. The van der Waals surface area contributed by atoms with Crippen molar-refractivity contribution in [2.45, 2.75) is 76.7 Å². The Morgan fingerprint density at radius 2 is 1.97 bits per heavy atom. The predicted molar refractivity (Wildman–Crippen MR) is 147 cm³/mol. The monoisotopic (exact) mass is 527 g/mol. The zero-order chi connectivity index (χ0) is 26.8. The largest absolute Gasteiger partial charge is 0.462 e. The molecule has 0 unspecified atom stereocenters. The Kier molecular flexibility index (Phi) is 7.30. The van der Waals surface area contributed by atoms with Gasteiger partial charge in [-0.3, -0.25) is 4.68 Å². The summed E-state index contributed by atoms with van der Waals surface area (Å²) in [4.78, 5) is 17.6. The van der Waals surface area contributed by atoms with E-state index >= 15 is 0 Å². The van der Waals surface area contributed by atoms with Gasteiger partial charge in [0.1, 0.15) is 11.4 Å². The number of benzene rings is 1. The van der Waals surface area contributed by atoms with Crippen LogP contribution in [0.5, 0.6) is 0 Å². The third-order valence-electron chi connectivity index (χ3n) is 8.20. The van der Waals surface area contributed by atoms with E-state index in [0.29, 0.717) is 12.2 Å². The molecule has 0 radical (unpaired) electrons. The van der Waals surface area contributed by atoms with Gasteiger partial charge in [-0.05, 0) is 37.0 Å². The first-order valence-corrected chi connectivity index (χ1v) is 14.3. The van der Waals surface area contributed by atoms with E-state index in [1.807, 2.05) is 31.0 Å². The summed E-state index contributed by atoms with van der Waals surface area (Å²) in [5.41, 5.74) is 4.47. The molecular formula is C30H37N7O2. The van der Waals surface area contributed by atoms with E-state index in [0.717, 1.165) is 42.4 Å². The SMILES string of the molecule is CCOC(=O)c1cnn(-c2cccc(Cn3ccnc3CC3CCCCCC3)c2)c1[C@@H]1C[C@H]1c1cn(C)nn1. The quantitative estimate of drug-likeness (QED) is 0.219. The van der Waals surface area contributed by atoms with Crippen LogP contribution in [0.15, 0.2) is 49.1 Å². The highest BCUT2D eigenvalue weighted by molar-refractivity contribution is 5.91. The van der Waals surface area contributed by atoms with Gasteiger partial charge < -0.3 is 9.30 Å². The molecule has 4 aromatic rings. The lowest BCUT2D eigenvalue weighted by atomic mass is 9.96. The van der Waals surface area contributed by atoms with Gasteiger partial charge in [0.25, 0.3) is 0 Å². The Morgan fingerprint density at radius 1 is 1.13 bits per heavy atom. The molecule has 9 heteroatoms. The predicted octanol–water partition coefficient (Wildman–Crippen LogP) is 5.21. The number of ether oxygens (including phenoxy) is 1. The van der Waals surface area contributed by atoms with Gasteiger partial charge in [-0.2, -0.15) is 5.10 Å². The van der Waals surface area contributed by atoms with Gasteiger partial charge in [0.15, 0.2) is 0 Å². The van der Waals surface area contributed by atoms with E-state index in [1.54, 1.807) is 10.9 Å². The third kappa shape index (κ3) is 5.53. The number of aromatic nitrogens is 7. The lowest BCUT2D eigenvalue weighted by molar-refractivity contribution is 0.0525. The van der Waals surface area contributed by atoms with Crippen LogP contribution in [0.2, 0.25) is 0 Å². The Bertz CT molecular complexity index is 1430. The van der Waals surface area contributed by atoms with E-state index in [-0.39, 0.29) is 17.8 Å². The smallest absolute Gasteiger partial charge is 0.341 e. The summed E-state index contributed by atoms with van der Waals surface area (Å²) in [5.74, 6) is 1.91. The number of carbonyl (C=O) groups is 1. The number of esters is 1. The number of carbonyl (C=O) groups excluding carboxylic acids is 1. The molecule has 9 nitrogen and oxygen atoms in total. The molecule has 2 fully saturated rings. The number of hydrogen-bond donors (Lipinski definition) is 0. The highest BCUT2D eigenvalue weighted by atomic mass is 16.5. The minimum Gasteiger partial charge on any atom is -0.462 e. The van der Waals surface area contributed by atoms with Gasteiger partial charge in [0.2, 0.25) is 0 Å². The number of nitrogens with zero attached hydrogens (tertiary/aromatic N) is 7. The fourth-order valence-corrected chi connectivity index (χ4v) is 6.13. The summed E-state index contributed by atoms with van der Waals surface area (Å²) in [6.45, 7) is 2.90. The molecule has 6 rings (SSSR count). The first-order valence-electron chi connectivity index (χ1n) is 14.3. The summed E-state index contributed by atoms with van der Waals surface area (Å²) < 4.78 is 11.3. The van der Waals surface area contributed by atoms with Crippen molar-refractivity contribution in [3.8, 4) is 5.69 Å². The van der Waals surface area contributed by atoms with Crippen LogP contribution in [-0.2, 0) is 24.8 Å². The van der Waals surface area contributed by atoms with E-state index < -0.39 is 0 Å². The van der Waals surface area contributed by atoms with Crippen molar-refractivity contribution in [3.63, 3.8) is 0 Å².